The Balaban J connectivity index is 1.87. The lowest BCUT2D eigenvalue weighted by Crippen LogP contribution is -2.64. The molecule has 1 amide bonds. The van der Waals surface area contributed by atoms with Crippen molar-refractivity contribution in [1.29, 1.82) is 0 Å². The van der Waals surface area contributed by atoms with E-state index in [0.29, 0.717) is 48.9 Å². The number of rotatable bonds is 10. The predicted octanol–water partition coefficient (Wildman–Crippen LogP) is 4.85. The molecule has 1 spiro atoms. The lowest BCUT2D eigenvalue weighted by Gasteiger charge is -2.60. The summed E-state index contributed by atoms with van der Waals surface area (Å²) in [5.41, 5.74) is 1.62. The van der Waals surface area contributed by atoms with Gasteiger partial charge < -0.3 is 33.3 Å². The SMILES string of the molecule is CCOC(=O)C1(C(=O)OCC)CC[C@]2(c3cc(OC)c(OC)cc3CCN2C(C)=O)[C@@H](C2c3cc(OC)c(OC)cc3CCN2CC)C1. The van der Waals surface area contributed by atoms with E-state index >= 15 is 0 Å². The third-order valence-electron chi connectivity index (χ3n) is 10.8. The number of hydrogen-bond donors (Lipinski definition) is 0. The molecular weight excluding hydrogens is 616 g/mol. The van der Waals surface area contributed by atoms with E-state index in [1.54, 1.807) is 49.2 Å². The van der Waals surface area contributed by atoms with Gasteiger partial charge in [-0.05, 0) is 99.0 Å². The van der Waals surface area contributed by atoms with Gasteiger partial charge in [-0.1, -0.05) is 6.92 Å². The molecule has 1 unspecified atom stereocenters. The second-order valence-corrected chi connectivity index (χ2v) is 12.8. The summed E-state index contributed by atoms with van der Waals surface area (Å²) in [6.45, 7) is 9.35. The quantitative estimate of drug-likeness (QED) is 0.258. The molecule has 0 bridgehead atoms. The maximum absolute atomic E-state index is 14.1. The molecule has 1 fully saturated rings. The molecule has 2 aromatic carbocycles. The second-order valence-electron chi connectivity index (χ2n) is 12.8. The molecule has 48 heavy (non-hydrogen) atoms. The molecule has 11 nitrogen and oxygen atoms in total. The van der Waals surface area contributed by atoms with E-state index in [-0.39, 0.29) is 38.0 Å². The highest BCUT2D eigenvalue weighted by atomic mass is 16.6. The summed E-state index contributed by atoms with van der Waals surface area (Å²) < 4.78 is 34.4. The Morgan fingerprint density at radius 2 is 1.29 bits per heavy atom. The van der Waals surface area contributed by atoms with Crippen molar-refractivity contribution >= 4 is 17.8 Å². The number of nitrogens with zero attached hydrogens (tertiary/aromatic N) is 2. The molecule has 0 N–H and O–H groups in total. The van der Waals surface area contributed by atoms with Crippen molar-refractivity contribution < 1.29 is 42.8 Å². The van der Waals surface area contributed by atoms with Gasteiger partial charge in [0, 0.05) is 32.0 Å². The number of esters is 2. The number of carbonyl (C=O) groups excluding carboxylic acids is 3. The number of carbonyl (C=O) groups is 3. The first kappa shape index (κ1) is 35.3. The van der Waals surface area contributed by atoms with Crippen molar-refractivity contribution in [2.24, 2.45) is 11.3 Å². The van der Waals surface area contributed by atoms with Crippen molar-refractivity contribution in [2.45, 2.75) is 71.4 Å². The van der Waals surface area contributed by atoms with E-state index in [9.17, 15) is 14.4 Å². The largest absolute Gasteiger partial charge is 0.493 e. The molecule has 262 valence electrons. The average molecular weight is 667 g/mol. The van der Waals surface area contributed by atoms with Crippen LogP contribution in [-0.2, 0) is 42.2 Å². The Labute approximate surface area is 283 Å². The van der Waals surface area contributed by atoms with Crippen LogP contribution in [0.4, 0.5) is 0 Å². The molecule has 1 saturated carbocycles. The lowest BCUT2D eigenvalue weighted by molar-refractivity contribution is -0.184. The monoisotopic (exact) mass is 666 g/mol. The van der Waals surface area contributed by atoms with E-state index in [1.807, 2.05) is 29.2 Å². The van der Waals surface area contributed by atoms with Gasteiger partial charge in [-0.3, -0.25) is 19.3 Å². The van der Waals surface area contributed by atoms with Crippen molar-refractivity contribution in [3.05, 3.63) is 46.5 Å². The van der Waals surface area contributed by atoms with Crippen LogP contribution in [0, 0.1) is 11.3 Å². The minimum Gasteiger partial charge on any atom is -0.493 e. The summed E-state index contributed by atoms with van der Waals surface area (Å²) in [6, 6.07) is 7.73. The van der Waals surface area contributed by atoms with E-state index in [4.69, 9.17) is 28.4 Å². The summed E-state index contributed by atoms with van der Waals surface area (Å²) in [7, 11) is 6.45. The number of amides is 1. The normalized spacial score (nSPS) is 23.0. The van der Waals surface area contributed by atoms with Gasteiger partial charge in [-0.2, -0.15) is 0 Å². The first-order chi connectivity index (χ1) is 23.1. The standard InChI is InChI=1S/C37H50N2O9/c1-9-38-16-12-24-18-29(43-5)31(45-7)20-26(24)33(38)28-22-36(34(41)47-10-2,35(42)48-11-3)14-15-37(28)27-21-32(46-8)30(44-6)19-25(27)13-17-39(37)23(4)40/h18-21,28,33H,9-17,22H2,1-8H3/t28-,33?,37+/m1/s1. The van der Waals surface area contributed by atoms with Crippen LogP contribution in [0.3, 0.4) is 0 Å². The topological polar surface area (TPSA) is 113 Å². The maximum atomic E-state index is 14.1. The van der Waals surface area contributed by atoms with E-state index < -0.39 is 28.8 Å². The highest BCUT2D eigenvalue weighted by Gasteiger charge is 2.64. The van der Waals surface area contributed by atoms with Crippen LogP contribution >= 0.6 is 0 Å². The average Bonchev–Trinajstić information content (AvgIpc) is 3.10. The van der Waals surface area contributed by atoms with Crippen LogP contribution in [0.25, 0.3) is 0 Å². The molecule has 0 saturated heterocycles. The van der Waals surface area contributed by atoms with Crippen LogP contribution < -0.4 is 18.9 Å². The van der Waals surface area contributed by atoms with Crippen LogP contribution in [0.2, 0.25) is 0 Å². The van der Waals surface area contributed by atoms with Crippen LogP contribution in [0.1, 0.15) is 75.3 Å². The minimum atomic E-state index is -1.56. The molecule has 3 aliphatic rings. The van der Waals surface area contributed by atoms with E-state index in [1.165, 1.54) is 0 Å². The highest BCUT2D eigenvalue weighted by Crippen LogP contribution is 2.61. The van der Waals surface area contributed by atoms with Gasteiger partial charge in [0.25, 0.3) is 0 Å². The summed E-state index contributed by atoms with van der Waals surface area (Å²) in [6.07, 6.45) is 1.98. The molecule has 2 heterocycles. The van der Waals surface area contributed by atoms with Gasteiger partial charge >= 0.3 is 11.9 Å². The molecule has 2 aromatic rings. The molecule has 0 aromatic heterocycles. The Morgan fingerprint density at radius 3 is 1.83 bits per heavy atom. The number of fused-ring (bicyclic) bond motifs is 3. The number of ether oxygens (including phenoxy) is 6. The fraction of sp³-hybridized carbons (Fsp3) is 0.595. The molecule has 3 atom stereocenters. The van der Waals surface area contributed by atoms with Gasteiger partial charge in [0.15, 0.2) is 28.4 Å². The molecule has 11 heteroatoms. The predicted molar refractivity (Wildman–Crippen MR) is 179 cm³/mol. The number of methoxy groups -OCH3 is 4. The molecule has 1 aliphatic carbocycles. The number of benzene rings is 2. The van der Waals surface area contributed by atoms with Gasteiger partial charge in [0.1, 0.15) is 0 Å². The Kier molecular flexibility index (Phi) is 10.5. The van der Waals surface area contributed by atoms with Crippen molar-refractivity contribution in [2.75, 3.05) is 61.3 Å². The van der Waals surface area contributed by atoms with Gasteiger partial charge in [0.05, 0.1) is 47.2 Å². The smallest absolute Gasteiger partial charge is 0.323 e. The van der Waals surface area contributed by atoms with Gasteiger partial charge in [-0.15, -0.1) is 0 Å². The van der Waals surface area contributed by atoms with Crippen LogP contribution in [-0.4, -0.2) is 88.9 Å². The molecule has 5 rings (SSSR count). The van der Waals surface area contributed by atoms with Crippen molar-refractivity contribution in [3.63, 3.8) is 0 Å². The minimum absolute atomic E-state index is 0.0772. The van der Waals surface area contributed by atoms with Gasteiger partial charge in [0.2, 0.25) is 5.91 Å². The van der Waals surface area contributed by atoms with Crippen molar-refractivity contribution in [3.8, 4) is 23.0 Å². The summed E-state index contributed by atoms with van der Waals surface area (Å²) in [4.78, 5) is 46.3. The zero-order chi connectivity index (χ0) is 34.8. The Hall–Kier alpha value is -3.99. The second kappa shape index (κ2) is 14.2. The third-order valence-corrected chi connectivity index (χ3v) is 10.8. The zero-order valence-electron chi connectivity index (χ0n) is 29.6. The first-order valence-electron chi connectivity index (χ1n) is 17.0. The lowest BCUT2D eigenvalue weighted by atomic mass is 9.54. The molecular formula is C37H50N2O9. The van der Waals surface area contributed by atoms with Crippen LogP contribution in [0.5, 0.6) is 23.0 Å². The van der Waals surface area contributed by atoms with E-state index in [2.05, 4.69) is 11.8 Å². The Morgan fingerprint density at radius 1 is 0.750 bits per heavy atom. The van der Waals surface area contributed by atoms with Gasteiger partial charge in [-0.25, -0.2) is 0 Å². The maximum Gasteiger partial charge on any atom is 0.323 e. The summed E-state index contributed by atoms with van der Waals surface area (Å²) in [5.74, 6) is 0.665. The van der Waals surface area contributed by atoms with Crippen molar-refractivity contribution in [1.82, 2.24) is 9.80 Å². The molecule has 2 aliphatic heterocycles. The highest BCUT2D eigenvalue weighted by molar-refractivity contribution is 6.00. The Bertz CT molecular complexity index is 1520. The van der Waals surface area contributed by atoms with Crippen LogP contribution in [0.15, 0.2) is 24.3 Å². The fourth-order valence-electron chi connectivity index (χ4n) is 8.67. The zero-order valence-corrected chi connectivity index (χ0v) is 29.6. The molecule has 0 radical (unpaired) electrons. The summed E-state index contributed by atoms with van der Waals surface area (Å²) >= 11 is 0. The summed E-state index contributed by atoms with van der Waals surface area (Å²) in [5, 5.41) is 0. The third kappa shape index (κ3) is 5.63. The fourth-order valence-corrected chi connectivity index (χ4v) is 8.67. The number of hydrogen-bond acceptors (Lipinski definition) is 10. The van der Waals surface area contributed by atoms with E-state index in [0.717, 1.165) is 35.2 Å². The first-order valence-corrected chi connectivity index (χ1v) is 17.0. The number of likely N-dealkylation sites (N-methyl/N-ethyl adjacent to an activating group) is 1.